The van der Waals surface area contributed by atoms with E-state index in [1.54, 1.807) is 0 Å². The Balaban J connectivity index is 1.53. The number of hydrogen-bond acceptors (Lipinski definition) is 5. The maximum atomic E-state index is 7.31. The van der Waals surface area contributed by atoms with Crippen LogP contribution < -0.4 is 10.1 Å². The Labute approximate surface area is 232 Å². The first-order valence-electron chi connectivity index (χ1n) is 12.9. The zero-order chi connectivity index (χ0) is 26.2. The summed E-state index contributed by atoms with van der Waals surface area (Å²) in [5, 5.41) is 12.2. The molecule has 2 unspecified atom stereocenters. The average Bonchev–Trinajstić information content (AvgIpc) is 3.53. The molecule has 5 aromatic rings. The van der Waals surface area contributed by atoms with Crippen LogP contribution in [0.3, 0.4) is 0 Å². The number of hydrazine groups is 2. The molecule has 6 heteroatoms. The molecule has 0 saturated carbocycles. The van der Waals surface area contributed by atoms with Gasteiger partial charge in [0.25, 0.3) is 0 Å². The molecule has 2 atom stereocenters. The second kappa shape index (κ2) is 9.71. The minimum Gasteiger partial charge on any atom is -0.318 e. The highest BCUT2D eigenvalue weighted by Gasteiger charge is 2.63. The zero-order valence-corrected chi connectivity index (χ0v) is 21.8. The standard InChI is InChI=1S/C33H25ClN4O/c34-28-23-21-26(22-24-28)32-36(29-17-9-3-10-18-29)38-33(39-32,27-15-7-2-8-16-27)31(25-13-5-1-6-14-25)35-37(38)30-19-11-4-12-20-30/h1-24,32H. The van der Waals surface area contributed by atoms with E-state index < -0.39 is 12.0 Å². The first-order chi connectivity index (χ1) is 19.3. The molecule has 190 valence electrons. The number of rotatable bonds is 5. The first-order valence-corrected chi connectivity index (χ1v) is 13.3. The smallest absolute Gasteiger partial charge is 0.233 e. The number of ether oxygens (including phenoxy) is 1. The lowest BCUT2D eigenvalue weighted by Gasteiger charge is -2.39. The van der Waals surface area contributed by atoms with Crippen LogP contribution in [0.1, 0.15) is 22.9 Å². The fraction of sp³-hybridized carbons (Fsp3) is 0.0606. The molecule has 2 aliphatic rings. The van der Waals surface area contributed by atoms with Gasteiger partial charge < -0.3 is 4.74 Å². The molecule has 0 aliphatic carbocycles. The SMILES string of the molecule is Clc1ccc(C2OC3(c4ccccc4)C(c4ccccc4)=NN(c4ccccc4)N3N2c2ccccc2)cc1. The van der Waals surface area contributed by atoms with Gasteiger partial charge in [0.15, 0.2) is 6.23 Å². The lowest BCUT2D eigenvalue weighted by molar-refractivity contribution is -0.0492. The van der Waals surface area contributed by atoms with Gasteiger partial charge in [-0.2, -0.15) is 10.2 Å². The molecule has 2 aliphatic heterocycles. The van der Waals surface area contributed by atoms with Crippen LogP contribution in [0.2, 0.25) is 5.02 Å². The summed E-state index contributed by atoms with van der Waals surface area (Å²) in [6.07, 6.45) is -0.467. The van der Waals surface area contributed by atoms with Gasteiger partial charge in [-0.1, -0.05) is 126 Å². The van der Waals surface area contributed by atoms with Gasteiger partial charge in [-0.15, -0.1) is 0 Å². The molecule has 2 heterocycles. The fourth-order valence-electron chi connectivity index (χ4n) is 5.31. The second-order valence-electron chi connectivity index (χ2n) is 9.44. The van der Waals surface area contributed by atoms with Crippen molar-refractivity contribution in [3.63, 3.8) is 0 Å². The van der Waals surface area contributed by atoms with E-state index in [2.05, 4.69) is 58.7 Å². The highest BCUT2D eigenvalue weighted by Crippen LogP contribution is 2.54. The van der Waals surface area contributed by atoms with Crippen molar-refractivity contribution in [3.8, 4) is 0 Å². The van der Waals surface area contributed by atoms with Crippen molar-refractivity contribution in [2.24, 2.45) is 5.10 Å². The number of fused-ring (bicyclic) bond motifs is 1. The molecule has 0 N–H and O–H groups in total. The summed E-state index contributed by atoms with van der Waals surface area (Å²) < 4.78 is 7.31. The van der Waals surface area contributed by atoms with Gasteiger partial charge in [0, 0.05) is 21.7 Å². The quantitative estimate of drug-likeness (QED) is 0.233. The molecule has 5 aromatic carbocycles. The van der Waals surface area contributed by atoms with E-state index in [-0.39, 0.29) is 0 Å². The van der Waals surface area contributed by atoms with Gasteiger partial charge in [-0.3, -0.25) is 5.01 Å². The number of nitrogens with zero attached hydrogens (tertiary/aromatic N) is 4. The van der Waals surface area contributed by atoms with Crippen molar-refractivity contribution >= 4 is 28.7 Å². The van der Waals surface area contributed by atoms with Crippen LogP contribution in [-0.4, -0.2) is 10.8 Å². The topological polar surface area (TPSA) is 31.3 Å². The van der Waals surface area contributed by atoms with E-state index >= 15 is 0 Å². The second-order valence-corrected chi connectivity index (χ2v) is 9.88. The fourth-order valence-corrected chi connectivity index (χ4v) is 5.44. The van der Waals surface area contributed by atoms with E-state index in [9.17, 15) is 0 Å². The van der Waals surface area contributed by atoms with E-state index in [1.807, 2.05) is 102 Å². The van der Waals surface area contributed by atoms with Crippen LogP contribution in [0.25, 0.3) is 0 Å². The minimum absolute atomic E-state index is 0.467. The van der Waals surface area contributed by atoms with E-state index in [0.29, 0.717) is 5.02 Å². The van der Waals surface area contributed by atoms with E-state index in [4.69, 9.17) is 21.4 Å². The third kappa shape index (κ3) is 3.91. The van der Waals surface area contributed by atoms with Gasteiger partial charge >= 0.3 is 0 Å². The highest BCUT2D eigenvalue weighted by atomic mass is 35.5. The molecular formula is C33H25ClN4O. The van der Waals surface area contributed by atoms with Crippen molar-refractivity contribution in [3.05, 3.63) is 167 Å². The molecule has 0 bridgehead atoms. The monoisotopic (exact) mass is 528 g/mol. The number of benzene rings is 5. The molecule has 0 radical (unpaired) electrons. The number of hydrogen-bond donors (Lipinski definition) is 0. The number of hydrazone groups is 1. The van der Waals surface area contributed by atoms with Crippen molar-refractivity contribution in [1.29, 1.82) is 0 Å². The van der Waals surface area contributed by atoms with Crippen LogP contribution in [0.4, 0.5) is 11.4 Å². The third-order valence-electron chi connectivity index (χ3n) is 7.06. The molecule has 7 rings (SSSR count). The molecule has 0 spiro atoms. The van der Waals surface area contributed by atoms with E-state index in [1.165, 1.54) is 0 Å². The van der Waals surface area contributed by atoms with Crippen molar-refractivity contribution in [2.45, 2.75) is 12.0 Å². The van der Waals surface area contributed by atoms with Gasteiger partial charge in [-0.25, -0.2) is 0 Å². The molecule has 0 aromatic heterocycles. The summed E-state index contributed by atoms with van der Waals surface area (Å²) in [6, 6.07) is 48.9. The van der Waals surface area contributed by atoms with Crippen molar-refractivity contribution in [1.82, 2.24) is 5.12 Å². The van der Waals surface area contributed by atoms with Crippen molar-refractivity contribution in [2.75, 3.05) is 10.1 Å². The van der Waals surface area contributed by atoms with Crippen LogP contribution >= 0.6 is 11.6 Å². The molecule has 5 nitrogen and oxygen atoms in total. The first kappa shape index (κ1) is 23.7. The Morgan fingerprint density at radius 1 is 0.615 bits per heavy atom. The summed E-state index contributed by atoms with van der Waals surface area (Å²) in [7, 11) is 0. The summed E-state index contributed by atoms with van der Waals surface area (Å²) >= 11 is 6.31. The lowest BCUT2D eigenvalue weighted by atomic mass is 9.93. The van der Waals surface area contributed by atoms with Crippen LogP contribution in [0.15, 0.2) is 151 Å². The number of anilines is 2. The Hall–Kier alpha value is -4.42. The highest BCUT2D eigenvalue weighted by molar-refractivity contribution is 6.30. The molecule has 39 heavy (non-hydrogen) atoms. The van der Waals surface area contributed by atoms with Crippen LogP contribution in [0.5, 0.6) is 0 Å². The summed E-state index contributed by atoms with van der Waals surface area (Å²) in [5.41, 5.74) is 4.58. The molecular weight excluding hydrogens is 504 g/mol. The Kier molecular flexibility index (Phi) is 5.90. The van der Waals surface area contributed by atoms with Gasteiger partial charge in [0.2, 0.25) is 5.72 Å². The normalized spacial score (nSPS) is 20.6. The van der Waals surface area contributed by atoms with E-state index in [0.717, 1.165) is 33.8 Å². The molecule has 1 fully saturated rings. The molecule has 1 saturated heterocycles. The Morgan fingerprint density at radius 2 is 1.15 bits per heavy atom. The maximum Gasteiger partial charge on any atom is 0.233 e. The number of halogens is 1. The largest absolute Gasteiger partial charge is 0.318 e. The Morgan fingerprint density at radius 3 is 1.77 bits per heavy atom. The van der Waals surface area contributed by atoms with Gasteiger partial charge in [-0.05, 0) is 36.4 Å². The molecule has 0 amide bonds. The van der Waals surface area contributed by atoms with Gasteiger partial charge in [0.05, 0.1) is 11.4 Å². The lowest BCUT2D eigenvalue weighted by Crippen LogP contribution is -2.55. The minimum atomic E-state index is -1.06. The van der Waals surface area contributed by atoms with Crippen molar-refractivity contribution < 1.29 is 4.74 Å². The van der Waals surface area contributed by atoms with Gasteiger partial charge in [0.1, 0.15) is 5.71 Å². The summed E-state index contributed by atoms with van der Waals surface area (Å²) in [4.78, 5) is 0. The number of para-hydroxylation sites is 2. The third-order valence-corrected chi connectivity index (χ3v) is 7.31. The maximum absolute atomic E-state index is 7.31. The predicted molar refractivity (Wildman–Crippen MR) is 156 cm³/mol. The summed E-state index contributed by atoms with van der Waals surface area (Å²) in [5.74, 6) is 0. The predicted octanol–water partition coefficient (Wildman–Crippen LogP) is 7.78. The zero-order valence-electron chi connectivity index (χ0n) is 21.0. The summed E-state index contributed by atoms with van der Waals surface area (Å²) in [6.45, 7) is 0. The van der Waals surface area contributed by atoms with Crippen LogP contribution in [-0.2, 0) is 10.5 Å². The van der Waals surface area contributed by atoms with Crippen LogP contribution in [0, 0.1) is 0 Å². The Bertz CT molecular complexity index is 1600. The average molecular weight is 529 g/mol.